The average molecular weight is 403 g/mol. The van der Waals surface area contributed by atoms with Crippen LogP contribution in [0.3, 0.4) is 0 Å². The minimum atomic E-state index is -3.58. The number of carbonyl (C=O) groups excluding carboxylic acids is 1. The van der Waals surface area contributed by atoms with E-state index in [1.807, 2.05) is 24.3 Å². The molecule has 0 aliphatic carbocycles. The highest BCUT2D eigenvalue weighted by atomic mass is 32.2. The van der Waals surface area contributed by atoms with Crippen molar-refractivity contribution in [1.82, 2.24) is 9.21 Å². The average Bonchev–Trinajstić information content (AvgIpc) is 3.24. The summed E-state index contributed by atoms with van der Waals surface area (Å²) in [5, 5.41) is 0. The van der Waals surface area contributed by atoms with E-state index in [1.165, 1.54) is 10.4 Å². The number of carbonyl (C=O) groups is 1. The summed E-state index contributed by atoms with van der Waals surface area (Å²) < 4.78 is 32.8. The quantitative estimate of drug-likeness (QED) is 0.745. The molecule has 0 atom stereocenters. The largest absolute Gasteiger partial charge is 0.496 e. The van der Waals surface area contributed by atoms with Gasteiger partial charge in [-0.1, -0.05) is 24.3 Å². The number of aryl methyl sites for hydroxylation is 1. The maximum absolute atomic E-state index is 13.0. The highest BCUT2D eigenvalue weighted by molar-refractivity contribution is 7.89. The van der Waals surface area contributed by atoms with E-state index in [-0.39, 0.29) is 10.8 Å². The Hall–Kier alpha value is -2.38. The van der Waals surface area contributed by atoms with Crippen LogP contribution in [0.2, 0.25) is 0 Å². The summed E-state index contributed by atoms with van der Waals surface area (Å²) in [7, 11) is -0.287. The van der Waals surface area contributed by atoms with E-state index in [4.69, 9.17) is 4.74 Å². The molecule has 28 heavy (non-hydrogen) atoms. The van der Waals surface area contributed by atoms with Crippen LogP contribution in [-0.2, 0) is 16.6 Å². The van der Waals surface area contributed by atoms with Gasteiger partial charge in [-0.15, -0.1) is 0 Å². The van der Waals surface area contributed by atoms with Gasteiger partial charge in [-0.2, -0.15) is 4.31 Å². The van der Waals surface area contributed by atoms with Gasteiger partial charge in [0, 0.05) is 37.8 Å². The van der Waals surface area contributed by atoms with Gasteiger partial charge in [0.2, 0.25) is 10.0 Å². The molecule has 1 saturated heterocycles. The Balaban J connectivity index is 1.86. The van der Waals surface area contributed by atoms with Crippen molar-refractivity contribution >= 4 is 15.9 Å². The molecule has 0 saturated carbocycles. The molecule has 1 fully saturated rings. The third kappa shape index (κ3) is 4.05. The van der Waals surface area contributed by atoms with Crippen LogP contribution in [0.4, 0.5) is 0 Å². The molecule has 3 rings (SSSR count). The van der Waals surface area contributed by atoms with Crippen molar-refractivity contribution < 1.29 is 17.9 Å². The molecule has 0 spiro atoms. The van der Waals surface area contributed by atoms with E-state index in [9.17, 15) is 13.2 Å². The summed E-state index contributed by atoms with van der Waals surface area (Å²) >= 11 is 0. The second-order valence-electron chi connectivity index (χ2n) is 7.06. The fraction of sp³-hybridized carbons (Fsp3) is 0.381. The molecule has 6 nitrogen and oxygen atoms in total. The van der Waals surface area contributed by atoms with Crippen molar-refractivity contribution in [2.75, 3.05) is 27.2 Å². The predicted molar refractivity (Wildman–Crippen MR) is 108 cm³/mol. The molecule has 0 N–H and O–H groups in total. The molecule has 1 aliphatic rings. The van der Waals surface area contributed by atoms with Crippen molar-refractivity contribution in [2.24, 2.45) is 0 Å². The minimum absolute atomic E-state index is 0.214. The van der Waals surface area contributed by atoms with Crippen molar-refractivity contribution in [3.8, 4) is 5.75 Å². The van der Waals surface area contributed by atoms with Gasteiger partial charge in [0.15, 0.2) is 0 Å². The van der Waals surface area contributed by atoms with Crippen LogP contribution >= 0.6 is 0 Å². The number of hydrogen-bond donors (Lipinski definition) is 0. The van der Waals surface area contributed by atoms with Crippen LogP contribution in [0.5, 0.6) is 5.75 Å². The first kappa shape index (κ1) is 20.4. The molecule has 1 amide bonds. The van der Waals surface area contributed by atoms with Crippen LogP contribution < -0.4 is 4.74 Å². The molecular formula is C21H26N2O4S. The zero-order chi connectivity index (χ0) is 20.3. The number of methoxy groups -OCH3 is 1. The van der Waals surface area contributed by atoms with E-state index in [0.717, 1.165) is 18.4 Å². The van der Waals surface area contributed by atoms with Gasteiger partial charge < -0.3 is 9.64 Å². The monoisotopic (exact) mass is 402 g/mol. The number of amides is 1. The predicted octanol–water partition coefficient (Wildman–Crippen LogP) is 3.06. The van der Waals surface area contributed by atoms with Crippen molar-refractivity contribution in [2.45, 2.75) is 31.2 Å². The van der Waals surface area contributed by atoms with Gasteiger partial charge in [-0.05, 0) is 43.5 Å². The third-order valence-electron chi connectivity index (χ3n) is 5.06. The molecule has 0 radical (unpaired) electrons. The zero-order valence-electron chi connectivity index (χ0n) is 16.5. The Labute approximate surface area is 166 Å². The third-order valence-corrected chi connectivity index (χ3v) is 7.11. The molecule has 7 heteroatoms. The number of benzene rings is 2. The van der Waals surface area contributed by atoms with Crippen molar-refractivity contribution in [1.29, 1.82) is 0 Å². The maximum Gasteiger partial charge on any atom is 0.253 e. The summed E-state index contributed by atoms with van der Waals surface area (Å²) in [4.78, 5) is 14.7. The van der Waals surface area contributed by atoms with Crippen molar-refractivity contribution in [3.63, 3.8) is 0 Å². The fourth-order valence-electron chi connectivity index (χ4n) is 3.46. The van der Waals surface area contributed by atoms with Crippen LogP contribution in [0.15, 0.2) is 47.4 Å². The first-order valence-corrected chi connectivity index (χ1v) is 10.8. The molecule has 0 bridgehead atoms. The van der Waals surface area contributed by atoms with Gasteiger partial charge in [0.25, 0.3) is 5.91 Å². The number of hydrogen-bond acceptors (Lipinski definition) is 4. The number of sulfonamides is 1. The van der Waals surface area contributed by atoms with Gasteiger partial charge in [-0.25, -0.2) is 8.42 Å². The van der Waals surface area contributed by atoms with Gasteiger partial charge >= 0.3 is 0 Å². The van der Waals surface area contributed by atoms with Crippen LogP contribution in [0.1, 0.15) is 34.3 Å². The Morgan fingerprint density at radius 2 is 1.82 bits per heavy atom. The number of para-hydroxylation sites is 1. The lowest BCUT2D eigenvalue weighted by Crippen LogP contribution is -2.30. The lowest BCUT2D eigenvalue weighted by atomic mass is 10.1. The van der Waals surface area contributed by atoms with E-state index in [2.05, 4.69) is 0 Å². The second-order valence-corrected chi connectivity index (χ2v) is 8.97. The first-order chi connectivity index (χ1) is 13.3. The minimum Gasteiger partial charge on any atom is -0.496 e. The van der Waals surface area contributed by atoms with Crippen molar-refractivity contribution in [3.05, 3.63) is 59.2 Å². The van der Waals surface area contributed by atoms with Crippen LogP contribution in [0, 0.1) is 6.92 Å². The summed E-state index contributed by atoms with van der Waals surface area (Å²) in [6, 6.07) is 12.4. The standard InChI is InChI=1S/C21H26N2O4S/c1-16-10-11-17(14-20(16)28(25,26)23-12-6-7-13-23)21(24)22(2)15-18-8-4-5-9-19(18)27-3/h4-5,8-11,14H,6-7,12-13,15H2,1-3H3. The van der Waals surface area contributed by atoms with E-state index in [1.54, 1.807) is 38.1 Å². The zero-order valence-corrected chi connectivity index (χ0v) is 17.3. The van der Waals surface area contributed by atoms with Gasteiger partial charge in [0.05, 0.1) is 12.0 Å². The van der Waals surface area contributed by atoms with E-state index >= 15 is 0 Å². The maximum atomic E-state index is 13.0. The smallest absolute Gasteiger partial charge is 0.253 e. The van der Waals surface area contributed by atoms with E-state index < -0.39 is 10.0 Å². The normalized spacial score (nSPS) is 14.8. The second kappa shape index (κ2) is 8.32. The van der Waals surface area contributed by atoms with Crippen LogP contribution in [-0.4, -0.2) is 50.8 Å². The lowest BCUT2D eigenvalue weighted by molar-refractivity contribution is 0.0784. The fourth-order valence-corrected chi connectivity index (χ4v) is 5.23. The Kier molecular flexibility index (Phi) is 6.05. The van der Waals surface area contributed by atoms with Crippen LogP contribution in [0.25, 0.3) is 0 Å². The molecule has 2 aromatic carbocycles. The van der Waals surface area contributed by atoms with Gasteiger partial charge in [-0.3, -0.25) is 4.79 Å². The molecule has 150 valence electrons. The lowest BCUT2D eigenvalue weighted by Gasteiger charge is -2.21. The van der Waals surface area contributed by atoms with E-state index in [0.29, 0.717) is 36.5 Å². The molecule has 1 heterocycles. The topological polar surface area (TPSA) is 66.9 Å². The molecule has 0 unspecified atom stereocenters. The van der Waals surface area contributed by atoms with Gasteiger partial charge in [0.1, 0.15) is 5.75 Å². The number of ether oxygens (including phenoxy) is 1. The Bertz CT molecular complexity index is 966. The number of nitrogens with zero attached hydrogens (tertiary/aromatic N) is 2. The summed E-state index contributed by atoms with van der Waals surface area (Å²) in [6.45, 7) is 3.20. The summed E-state index contributed by atoms with van der Waals surface area (Å²) in [5.41, 5.74) is 1.90. The summed E-state index contributed by atoms with van der Waals surface area (Å²) in [5.74, 6) is 0.479. The summed E-state index contributed by atoms with van der Waals surface area (Å²) in [6.07, 6.45) is 1.75. The molecule has 2 aromatic rings. The molecule has 1 aliphatic heterocycles. The highest BCUT2D eigenvalue weighted by Crippen LogP contribution is 2.26. The Morgan fingerprint density at radius 3 is 2.50 bits per heavy atom. The SMILES string of the molecule is COc1ccccc1CN(C)C(=O)c1ccc(C)c(S(=O)(=O)N2CCCC2)c1. The first-order valence-electron chi connectivity index (χ1n) is 9.32. The molecular weight excluding hydrogens is 376 g/mol. The Morgan fingerprint density at radius 1 is 1.14 bits per heavy atom. The molecule has 0 aromatic heterocycles. The highest BCUT2D eigenvalue weighted by Gasteiger charge is 2.29. The number of rotatable bonds is 6.